The molecule has 1 atom stereocenters. The Labute approximate surface area is 93.3 Å². The Kier molecular flexibility index (Phi) is 5.44. The maximum Gasteiger partial charge on any atom is 0.134 e. The molecule has 2 nitrogen and oxygen atoms in total. The standard InChI is InChI=1S/C10H14O2S.C2H6/c1-8-5-6-9(12-2)10(7-8)13(3,4)11;1-2/h5-7H,3H2,1-2,4H3;1-2H3. The van der Waals surface area contributed by atoms with Crippen LogP contribution in [0, 0.1) is 6.92 Å². The van der Waals surface area contributed by atoms with Gasteiger partial charge in [-0.05, 0) is 40.0 Å². The molecule has 1 aromatic carbocycles. The Morgan fingerprint density at radius 2 is 1.87 bits per heavy atom. The van der Waals surface area contributed by atoms with Crippen molar-refractivity contribution in [3.8, 4) is 5.75 Å². The van der Waals surface area contributed by atoms with Crippen LogP contribution >= 0.6 is 0 Å². The fraction of sp³-hybridized carbons (Fsp3) is 0.417. The van der Waals surface area contributed by atoms with Crippen LogP contribution in [-0.2, 0) is 9.52 Å². The largest absolute Gasteiger partial charge is 0.496 e. The highest BCUT2D eigenvalue weighted by molar-refractivity contribution is 7.99. The van der Waals surface area contributed by atoms with Crippen molar-refractivity contribution in [1.29, 1.82) is 0 Å². The first kappa shape index (κ1) is 14.0. The highest BCUT2D eigenvalue weighted by Gasteiger charge is 2.08. The summed E-state index contributed by atoms with van der Waals surface area (Å²) in [6, 6.07) is 5.60. The fourth-order valence-electron chi connectivity index (χ4n) is 1.12. The van der Waals surface area contributed by atoms with Crippen LogP contribution in [0.5, 0.6) is 5.75 Å². The Hall–Kier alpha value is -0.960. The normalized spacial score (nSPS) is 13.4. The summed E-state index contributed by atoms with van der Waals surface area (Å²) in [5.74, 6) is 4.28. The Balaban J connectivity index is 0.000000921. The maximum absolute atomic E-state index is 11.7. The van der Waals surface area contributed by atoms with E-state index in [1.54, 1.807) is 13.4 Å². The molecule has 0 aliphatic carbocycles. The Morgan fingerprint density at radius 3 is 2.27 bits per heavy atom. The minimum absolute atomic E-state index is 0.646. The van der Waals surface area contributed by atoms with E-state index in [9.17, 15) is 4.21 Å². The van der Waals surface area contributed by atoms with Crippen molar-refractivity contribution in [1.82, 2.24) is 0 Å². The lowest BCUT2D eigenvalue weighted by Crippen LogP contribution is -2.00. The van der Waals surface area contributed by atoms with E-state index in [1.807, 2.05) is 39.0 Å². The minimum atomic E-state index is -2.19. The molecular weight excluding hydrogens is 208 g/mol. The van der Waals surface area contributed by atoms with Gasteiger partial charge in [-0.3, -0.25) is 4.21 Å². The first-order valence-electron chi connectivity index (χ1n) is 4.92. The topological polar surface area (TPSA) is 26.3 Å². The number of methoxy groups -OCH3 is 1. The Morgan fingerprint density at radius 1 is 1.33 bits per heavy atom. The summed E-state index contributed by atoms with van der Waals surface area (Å²) in [4.78, 5) is 0.690. The number of rotatable bonds is 2. The van der Waals surface area contributed by atoms with Crippen molar-refractivity contribution in [3.05, 3.63) is 23.8 Å². The van der Waals surface area contributed by atoms with Crippen LogP contribution < -0.4 is 4.74 Å². The van der Waals surface area contributed by atoms with E-state index in [0.29, 0.717) is 10.6 Å². The van der Waals surface area contributed by atoms with Gasteiger partial charge in [0.1, 0.15) is 5.75 Å². The number of ether oxygens (including phenoxy) is 1. The van der Waals surface area contributed by atoms with Gasteiger partial charge < -0.3 is 4.74 Å². The lowest BCUT2D eigenvalue weighted by molar-refractivity contribution is 0.404. The van der Waals surface area contributed by atoms with Crippen molar-refractivity contribution >= 4 is 15.4 Å². The summed E-state index contributed by atoms with van der Waals surface area (Å²) < 4.78 is 16.8. The summed E-state index contributed by atoms with van der Waals surface area (Å²) >= 11 is 0. The molecule has 0 saturated carbocycles. The molecule has 0 radical (unpaired) electrons. The molecule has 0 heterocycles. The van der Waals surface area contributed by atoms with Gasteiger partial charge in [0.15, 0.2) is 0 Å². The van der Waals surface area contributed by atoms with Gasteiger partial charge in [0, 0.05) is 6.26 Å². The van der Waals surface area contributed by atoms with Gasteiger partial charge in [0.05, 0.1) is 12.0 Å². The van der Waals surface area contributed by atoms with Crippen molar-refractivity contribution in [2.24, 2.45) is 0 Å². The van der Waals surface area contributed by atoms with Crippen molar-refractivity contribution in [3.63, 3.8) is 0 Å². The lowest BCUT2D eigenvalue weighted by atomic mass is 10.2. The summed E-state index contributed by atoms with van der Waals surface area (Å²) in [6.45, 7) is 5.95. The molecule has 15 heavy (non-hydrogen) atoms. The molecular formula is C12H20O2S. The third-order valence-electron chi connectivity index (χ3n) is 1.78. The molecule has 0 bridgehead atoms. The predicted molar refractivity (Wildman–Crippen MR) is 68.5 cm³/mol. The first-order valence-corrected chi connectivity index (χ1v) is 7.05. The van der Waals surface area contributed by atoms with Gasteiger partial charge in [0.25, 0.3) is 0 Å². The second kappa shape index (κ2) is 5.81. The second-order valence-electron chi connectivity index (χ2n) is 3.16. The zero-order valence-electron chi connectivity index (χ0n) is 10.2. The summed E-state index contributed by atoms with van der Waals surface area (Å²) in [5.41, 5.74) is 1.06. The van der Waals surface area contributed by atoms with E-state index >= 15 is 0 Å². The van der Waals surface area contributed by atoms with Crippen molar-refractivity contribution in [2.75, 3.05) is 13.4 Å². The predicted octanol–water partition coefficient (Wildman–Crippen LogP) is 2.73. The molecule has 0 aliphatic heterocycles. The molecule has 1 rings (SSSR count). The third kappa shape index (κ3) is 3.96. The van der Waals surface area contributed by atoms with Crippen LogP contribution in [0.1, 0.15) is 19.4 Å². The number of hydrogen-bond donors (Lipinski definition) is 0. The van der Waals surface area contributed by atoms with Crippen LogP contribution in [0.2, 0.25) is 0 Å². The molecule has 3 heteroatoms. The maximum atomic E-state index is 11.7. The average molecular weight is 228 g/mol. The van der Waals surface area contributed by atoms with Crippen LogP contribution in [-0.4, -0.2) is 23.4 Å². The zero-order chi connectivity index (χ0) is 12.1. The molecule has 1 unspecified atom stereocenters. The van der Waals surface area contributed by atoms with Crippen LogP contribution in [0.15, 0.2) is 23.1 Å². The van der Waals surface area contributed by atoms with E-state index in [0.717, 1.165) is 5.56 Å². The third-order valence-corrected chi connectivity index (χ3v) is 3.03. The molecule has 0 aliphatic rings. The second-order valence-corrected chi connectivity index (χ2v) is 5.61. The molecule has 0 fully saturated rings. The fourth-order valence-corrected chi connectivity index (χ4v) is 2.13. The molecule has 1 aromatic rings. The quantitative estimate of drug-likeness (QED) is 0.728. The van der Waals surface area contributed by atoms with Gasteiger partial charge in [-0.1, -0.05) is 19.9 Å². The number of benzene rings is 1. The minimum Gasteiger partial charge on any atom is -0.496 e. The molecule has 0 aromatic heterocycles. The SMILES string of the molecule is C=S(C)(=O)c1cc(C)ccc1OC.CC. The number of aryl methyl sites for hydroxylation is 1. The van der Waals surface area contributed by atoms with E-state index in [1.165, 1.54) is 0 Å². The first-order chi connectivity index (χ1) is 6.95. The van der Waals surface area contributed by atoms with Gasteiger partial charge in [0.2, 0.25) is 0 Å². The molecule has 0 amide bonds. The van der Waals surface area contributed by atoms with Crippen LogP contribution in [0.3, 0.4) is 0 Å². The number of hydrogen-bond acceptors (Lipinski definition) is 2. The summed E-state index contributed by atoms with van der Waals surface area (Å²) in [5, 5.41) is 0. The van der Waals surface area contributed by atoms with E-state index < -0.39 is 9.52 Å². The zero-order valence-corrected chi connectivity index (χ0v) is 11.0. The molecule has 0 N–H and O–H groups in total. The van der Waals surface area contributed by atoms with Crippen LogP contribution in [0.4, 0.5) is 0 Å². The van der Waals surface area contributed by atoms with Crippen molar-refractivity contribution in [2.45, 2.75) is 25.7 Å². The van der Waals surface area contributed by atoms with Gasteiger partial charge in [-0.15, -0.1) is 0 Å². The molecule has 0 saturated heterocycles. The van der Waals surface area contributed by atoms with E-state index in [2.05, 4.69) is 5.87 Å². The van der Waals surface area contributed by atoms with E-state index in [4.69, 9.17) is 4.74 Å². The van der Waals surface area contributed by atoms with Gasteiger partial charge in [-0.2, -0.15) is 0 Å². The van der Waals surface area contributed by atoms with Gasteiger partial charge >= 0.3 is 0 Å². The highest BCUT2D eigenvalue weighted by atomic mass is 32.2. The summed E-state index contributed by atoms with van der Waals surface area (Å²) in [6.07, 6.45) is 1.62. The van der Waals surface area contributed by atoms with Crippen LogP contribution in [0.25, 0.3) is 0 Å². The summed E-state index contributed by atoms with van der Waals surface area (Å²) in [7, 11) is -0.624. The Bertz CT molecular complexity index is 406. The van der Waals surface area contributed by atoms with Crippen molar-refractivity contribution < 1.29 is 8.95 Å². The average Bonchev–Trinajstić information content (AvgIpc) is 2.19. The lowest BCUT2D eigenvalue weighted by Gasteiger charge is -2.09. The smallest absolute Gasteiger partial charge is 0.134 e. The monoisotopic (exact) mass is 228 g/mol. The highest BCUT2D eigenvalue weighted by Crippen LogP contribution is 2.24. The molecule has 0 spiro atoms. The molecule has 86 valence electrons. The van der Waals surface area contributed by atoms with Gasteiger partial charge in [-0.25, -0.2) is 0 Å². The van der Waals surface area contributed by atoms with E-state index in [-0.39, 0.29) is 0 Å².